The molecule has 3 aromatic rings. The lowest BCUT2D eigenvalue weighted by Gasteiger charge is -2.09. The summed E-state index contributed by atoms with van der Waals surface area (Å²) in [4.78, 5) is 35.5. The van der Waals surface area contributed by atoms with Gasteiger partial charge in [0, 0.05) is 22.9 Å². The predicted molar refractivity (Wildman–Crippen MR) is 99.0 cm³/mol. The molecule has 0 aliphatic rings. The Bertz CT molecular complexity index is 1060. The molecule has 1 heterocycles. The molecule has 0 aliphatic heterocycles. The van der Waals surface area contributed by atoms with E-state index in [2.05, 4.69) is 10.4 Å². The molecule has 0 saturated carbocycles. The van der Waals surface area contributed by atoms with Crippen molar-refractivity contribution in [3.05, 3.63) is 82.4 Å². The van der Waals surface area contributed by atoms with Crippen LogP contribution in [0, 0.1) is 5.82 Å². The number of nitrogens with one attached hydrogen (secondary N) is 1. The van der Waals surface area contributed by atoms with Crippen LogP contribution in [0.25, 0.3) is 11.3 Å². The summed E-state index contributed by atoms with van der Waals surface area (Å²) in [6.07, 6.45) is 0. The Hall–Kier alpha value is -3.61. The molecular weight excluding hydrogens is 349 g/mol. The molecule has 0 spiro atoms. The normalized spacial score (nSPS) is 10.4. The van der Waals surface area contributed by atoms with Crippen LogP contribution in [0.5, 0.6) is 0 Å². The molecule has 1 amide bonds. The standard InChI is InChI=1S/C20H16FN3O3/c1-13(25)14-6-8-15(9-7-14)22-19(26)12-24-20(27)11-10-18(23-24)16-4-2-3-5-17(16)21/h2-11H,12H2,1H3,(H,22,26). The highest BCUT2D eigenvalue weighted by Gasteiger charge is 2.11. The van der Waals surface area contributed by atoms with Crippen LogP contribution in [-0.2, 0) is 11.3 Å². The minimum Gasteiger partial charge on any atom is -0.324 e. The van der Waals surface area contributed by atoms with Gasteiger partial charge in [0.25, 0.3) is 5.56 Å². The summed E-state index contributed by atoms with van der Waals surface area (Å²) >= 11 is 0. The van der Waals surface area contributed by atoms with Crippen LogP contribution < -0.4 is 10.9 Å². The van der Waals surface area contributed by atoms with E-state index in [1.54, 1.807) is 42.5 Å². The van der Waals surface area contributed by atoms with Crippen LogP contribution in [-0.4, -0.2) is 21.5 Å². The van der Waals surface area contributed by atoms with Gasteiger partial charge in [0.05, 0.1) is 5.69 Å². The Kier molecular flexibility index (Phi) is 5.21. The molecule has 0 aliphatic carbocycles. The number of carbonyl (C=O) groups excluding carboxylic acids is 2. The fraction of sp³-hybridized carbons (Fsp3) is 0.100. The number of anilines is 1. The van der Waals surface area contributed by atoms with Gasteiger partial charge in [0.1, 0.15) is 12.4 Å². The van der Waals surface area contributed by atoms with Gasteiger partial charge in [0.2, 0.25) is 5.91 Å². The summed E-state index contributed by atoms with van der Waals surface area (Å²) in [6, 6.07) is 15.1. The fourth-order valence-electron chi connectivity index (χ4n) is 2.50. The minimum absolute atomic E-state index is 0.0754. The number of hydrogen-bond donors (Lipinski definition) is 1. The molecule has 0 unspecified atom stereocenters. The zero-order valence-corrected chi connectivity index (χ0v) is 14.5. The van der Waals surface area contributed by atoms with E-state index >= 15 is 0 Å². The zero-order valence-electron chi connectivity index (χ0n) is 14.5. The van der Waals surface area contributed by atoms with E-state index in [0.717, 1.165) is 4.68 Å². The molecule has 0 bridgehead atoms. The Morgan fingerprint density at radius 2 is 1.74 bits per heavy atom. The topological polar surface area (TPSA) is 81.1 Å². The third kappa shape index (κ3) is 4.33. The Morgan fingerprint density at radius 3 is 2.41 bits per heavy atom. The monoisotopic (exact) mass is 365 g/mol. The molecule has 136 valence electrons. The van der Waals surface area contributed by atoms with Crippen molar-refractivity contribution in [1.29, 1.82) is 0 Å². The van der Waals surface area contributed by atoms with E-state index in [9.17, 15) is 18.8 Å². The van der Waals surface area contributed by atoms with Gasteiger partial charge < -0.3 is 5.32 Å². The first-order valence-electron chi connectivity index (χ1n) is 8.18. The number of aromatic nitrogens is 2. The van der Waals surface area contributed by atoms with E-state index < -0.39 is 17.3 Å². The maximum atomic E-state index is 13.9. The first-order chi connectivity index (χ1) is 12.9. The van der Waals surface area contributed by atoms with E-state index in [1.165, 1.54) is 25.1 Å². The average molecular weight is 365 g/mol. The largest absolute Gasteiger partial charge is 0.324 e. The minimum atomic E-state index is -0.475. The van der Waals surface area contributed by atoms with E-state index in [-0.39, 0.29) is 23.6 Å². The number of halogens is 1. The molecule has 6 nitrogen and oxygen atoms in total. The third-order valence-electron chi connectivity index (χ3n) is 3.88. The first-order valence-corrected chi connectivity index (χ1v) is 8.18. The predicted octanol–water partition coefficient (Wildman–Crippen LogP) is 2.89. The second-order valence-corrected chi connectivity index (χ2v) is 5.88. The molecular formula is C20H16FN3O3. The number of nitrogens with zero attached hydrogens (tertiary/aromatic N) is 2. The number of hydrogen-bond acceptors (Lipinski definition) is 4. The first kappa shape index (κ1) is 18.2. The highest BCUT2D eigenvalue weighted by molar-refractivity contribution is 5.95. The van der Waals surface area contributed by atoms with E-state index in [1.807, 2.05) is 0 Å². The maximum absolute atomic E-state index is 13.9. The second kappa shape index (κ2) is 7.74. The van der Waals surface area contributed by atoms with E-state index in [0.29, 0.717) is 11.3 Å². The van der Waals surface area contributed by atoms with Crippen molar-refractivity contribution in [2.24, 2.45) is 0 Å². The van der Waals surface area contributed by atoms with Crippen LogP contribution in [0.4, 0.5) is 10.1 Å². The highest BCUT2D eigenvalue weighted by Crippen LogP contribution is 2.18. The van der Waals surface area contributed by atoms with Gasteiger partial charge >= 0.3 is 0 Å². The van der Waals surface area contributed by atoms with Gasteiger partial charge in [-0.3, -0.25) is 14.4 Å². The molecule has 1 aromatic heterocycles. The summed E-state index contributed by atoms with van der Waals surface area (Å²) < 4.78 is 14.9. The SMILES string of the molecule is CC(=O)c1ccc(NC(=O)Cn2nc(-c3ccccc3F)ccc2=O)cc1. The van der Waals surface area contributed by atoms with Gasteiger partial charge in [-0.2, -0.15) is 5.10 Å². The molecule has 0 atom stereocenters. The second-order valence-electron chi connectivity index (χ2n) is 5.88. The van der Waals surface area contributed by atoms with Crippen molar-refractivity contribution in [1.82, 2.24) is 9.78 Å². The number of carbonyl (C=O) groups is 2. The summed E-state index contributed by atoms with van der Waals surface area (Å²) in [7, 11) is 0. The fourth-order valence-corrected chi connectivity index (χ4v) is 2.50. The smallest absolute Gasteiger partial charge is 0.267 e. The zero-order chi connectivity index (χ0) is 19.4. The van der Waals surface area contributed by atoms with Crippen molar-refractivity contribution in [3.8, 4) is 11.3 Å². The number of amides is 1. The molecule has 0 radical (unpaired) electrons. The molecule has 7 heteroatoms. The van der Waals surface area contributed by atoms with Crippen molar-refractivity contribution in [3.63, 3.8) is 0 Å². The summed E-state index contributed by atoms with van der Waals surface area (Å²) in [5, 5.41) is 6.71. The van der Waals surface area contributed by atoms with Gasteiger partial charge in [-0.25, -0.2) is 9.07 Å². The van der Waals surface area contributed by atoms with Crippen LogP contribution in [0.1, 0.15) is 17.3 Å². The van der Waals surface area contributed by atoms with Crippen molar-refractivity contribution >= 4 is 17.4 Å². The van der Waals surface area contributed by atoms with Gasteiger partial charge in [-0.15, -0.1) is 0 Å². The summed E-state index contributed by atoms with van der Waals surface area (Å²) in [6.45, 7) is 1.13. The third-order valence-corrected chi connectivity index (χ3v) is 3.88. The van der Waals surface area contributed by atoms with Crippen molar-refractivity contribution in [2.45, 2.75) is 13.5 Å². The summed E-state index contributed by atoms with van der Waals surface area (Å²) in [5.74, 6) is -1.01. The Labute approximate surface area is 154 Å². The Morgan fingerprint density at radius 1 is 1.04 bits per heavy atom. The molecule has 1 N–H and O–H groups in total. The van der Waals surface area contributed by atoms with E-state index in [4.69, 9.17) is 0 Å². The maximum Gasteiger partial charge on any atom is 0.267 e. The number of benzene rings is 2. The molecule has 0 saturated heterocycles. The van der Waals surface area contributed by atoms with Gasteiger partial charge in [-0.05, 0) is 49.4 Å². The number of rotatable bonds is 5. The lowest BCUT2D eigenvalue weighted by molar-refractivity contribution is -0.117. The van der Waals surface area contributed by atoms with Crippen LogP contribution in [0.15, 0.2) is 65.5 Å². The number of Topliss-reactive ketones (excluding diaryl/α,β-unsaturated/α-hetero) is 1. The number of ketones is 1. The van der Waals surface area contributed by atoms with Gasteiger partial charge in [-0.1, -0.05) is 12.1 Å². The van der Waals surface area contributed by atoms with Crippen LogP contribution in [0.2, 0.25) is 0 Å². The van der Waals surface area contributed by atoms with Crippen molar-refractivity contribution in [2.75, 3.05) is 5.32 Å². The molecule has 0 fully saturated rings. The molecule has 3 rings (SSSR count). The lowest BCUT2D eigenvalue weighted by atomic mass is 10.1. The van der Waals surface area contributed by atoms with Crippen LogP contribution >= 0.6 is 0 Å². The average Bonchev–Trinajstić information content (AvgIpc) is 2.64. The quantitative estimate of drug-likeness (QED) is 0.705. The molecule has 27 heavy (non-hydrogen) atoms. The lowest BCUT2D eigenvalue weighted by Crippen LogP contribution is -2.29. The van der Waals surface area contributed by atoms with Crippen LogP contribution in [0.3, 0.4) is 0 Å². The van der Waals surface area contributed by atoms with Crippen molar-refractivity contribution < 1.29 is 14.0 Å². The summed E-state index contributed by atoms with van der Waals surface area (Å²) in [5.41, 5.74) is 1.04. The van der Waals surface area contributed by atoms with Gasteiger partial charge in [0.15, 0.2) is 5.78 Å². The Balaban J connectivity index is 1.78. The molecule has 2 aromatic carbocycles. The highest BCUT2D eigenvalue weighted by atomic mass is 19.1.